The summed E-state index contributed by atoms with van der Waals surface area (Å²) >= 11 is 0. The molecule has 6 nitrogen and oxygen atoms in total. The zero-order valence-electron chi connectivity index (χ0n) is 10.5. The van der Waals surface area contributed by atoms with Crippen molar-refractivity contribution < 1.29 is 14.3 Å². The van der Waals surface area contributed by atoms with Gasteiger partial charge in [0.15, 0.2) is 0 Å². The lowest BCUT2D eigenvalue weighted by Gasteiger charge is -2.19. The molecule has 1 aliphatic rings. The molecule has 1 atom stereocenters. The first-order chi connectivity index (χ1) is 9.06. The predicted octanol–water partition coefficient (Wildman–Crippen LogP) is 0.0730. The van der Waals surface area contributed by atoms with Crippen LogP contribution in [0.15, 0.2) is 18.2 Å². The molecule has 0 saturated heterocycles. The zero-order valence-corrected chi connectivity index (χ0v) is 10.5. The van der Waals surface area contributed by atoms with Crippen LogP contribution >= 0.6 is 0 Å². The Hall–Kier alpha value is -1.92. The van der Waals surface area contributed by atoms with Gasteiger partial charge in [0.25, 0.3) is 0 Å². The highest BCUT2D eigenvalue weighted by Gasteiger charge is 2.16. The number of aryl methyl sites for hydroxylation is 1. The molecule has 0 bridgehead atoms. The fourth-order valence-corrected chi connectivity index (χ4v) is 2.02. The Balaban J connectivity index is 2.01. The SMILES string of the molecule is NC(=O)COCC(N)c1ccc2c(c1)CCC(=O)N2. The summed E-state index contributed by atoms with van der Waals surface area (Å²) in [4.78, 5) is 21.8. The molecule has 1 aliphatic heterocycles. The minimum atomic E-state index is -0.514. The van der Waals surface area contributed by atoms with E-state index in [0.717, 1.165) is 16.8 Å². The van der Waals surface area contributed by atoms with E-state index < -0.39 is 5.91 Å². The number of rotatable bonds is 5. The van der Waals surface area contributed by atoms with Crippen LogP contribution in [0.3, 0.4) is 0 Å². The maximum absolute atomic E-state index is 11.3. The van der Waals surface area contributed by atoms with Gasteiger partial charge in [-0.3, -0.25) is 9.59 Å². The number of hydrogen-bond donors (Lipinski definition) is 3. The molecule has 102 valence electrons. The Morgan fingerprint density at radius 2 is 2.21 bits per heavy atom. The number of anilines is 1. The van der Waals surface area contributed by atoms with Crippen LogP contribution in [0.2, 0.25) is 0 Å². The van der Waals surface area contributed by atoms with Gasteiger partial charge < -0.3 is 21.5 Å². The van der Waals surface area contributed by atoms with Crippen molar-refractivity contribution in [2.24, 2.45) is 11.5 Å². The number of primary amides is 1. The summed E-state index contributed by atoms with van der Waals surface area (Å²) in [6.45, 7) is 0.1000. The van der Waals surface area contributed by atoms with Gasteiger partial charge in [0.2, 0.25) is 11.8 Å². The van der Waals surface area contributed by atoms with E-state index in [1.165, 1.54) is 0 Å². The Morgan fingerprint density at radius 1 is 1.42 bits per heavy atom. The molecule has 0 saturated carbocycles. The predicted molar refractivity (Wildman–Crippen MR) is 70.3 cm³/mol. The number of benzene rings is 1. The second kappa shape index (κ2) is 5.81. The molecule has 1 aromatic carbocycles. The number of ether oxygens (including phenoxy) is 1. The maximum atomic E-state index is 11.3. The fraction of sp³-hybridized carbons (Fsp3) is 0.385. The molecule has 6 heteroatoms. The minimum Gasteiger partial charge on any atom is -0.370 e. The zero-order chi connectivity index (χ0) is 13.8. The van der Waals surface area contributed by atoms with Crippen LogP contribution in [-0.4, -0.2) is 25.0 Å². The second-order valence-electron chi connectivity index (χ2n) is 4.55. The lowest BCUT2D eigenvalue weighted by atomic mass is 9.98. The van der Waals surface area contributed by atoms with E-state index in [-0.39, 0.29) is 25.2 Å². The summed E-state index contributed by atoms with van der Waals surface area (Å²) < 4.78 is 5.10. The highest BCUT2D eigenvalue weighted by Crippen LogP contribution is 2.25. The van der Waals surface area contributed by atoms with Crippen LogP contribution in [0, 0.1) is 0 Å². The number of amides is 2. The molecule has 0 aliphatic carbocycles. The number of carbonyl (C=O) groups excluding carboxylic acids is 2. The lowest BCUT2D eigenvalue weighted by molar-refractivity contribution is -0.122. The molecule has 5 N–H and O–H groups in total. The molecule has 0 aromatic heterocycles. The van der Waals surface area contributed by atoms with E-state index >= 15 is 0 Å². The molecule has 0 radical (unpaired) electrons. The number of fused-ring (bicyclic) bond motifs is 1. The largest absolute Gasteiger partial charge is 0.370 e. The van der Waals surface area contributed by atoms with Gasteiger partial charge in [-0.15, -0.1) is 0 Å². The summed E-state index contributed by atoms with van der Waals surface area (Å²) in [5.41, 5.74) is 13.8. The highest BCUT2D eigenvalue weighted by molar-refractivity contribution is 5.93. The summed E-state index contributed by atoms with van der Waals surface area (Å²) in [7, 11) is 0. The molecule has 1 heterocycles. The van der Waals surface area contributed by atoms with Crippen molar-refractivity contribution in [1.29, 1.82) is 0 Å². The Labute approximate surface area is 111 Å². The summed E-state index contributed by atoms with van der Waals surface area (Å²) in [5.74, 6) is -0.477. The first kappa shape index (κ1) is 13.5. The van der Waals surface area contributed by atoms with Crippen molar-refractivity contribution >= 4 is 17.5 Å². The van der Waals surface area contributed by atoms with E-state index in [9.17, 15) is 9.59 Å². The number of hydrogen-bond acceptors (Lipinski definition) is 4. The number of nitrogens with one attached hydrogen (secondary N) is 1. The fourth-order valence-electron chi connectivity index (χ4n) is 2.02. The molecule has 0 fully saturated rings. The van der Waals surface area contributed by atoms with E-state index in [2.05, 4.69) is 5.32 Å². The van der Waals surface area contributed by atoms with Gasteiger partial charge in [-0.05, 0) is 23.6 Å². The third-order valence-electron chi connectivity index (χ3n) is 2.99. The normalized spacial score (nSPS) is 15.5. The Bertz CT molecular complexity index is 502. The van der Waals surface area contributed by atoms with Crippen LogP contribution in [0.25, 0.3) is 0 Å². The average Bonchev–Trinajstić information content (AvgIpc) is 2.37. The molecule has 2 amide bonds. The lowest BCUT2D eigenvalue weighted by Crippen LogP contribution is -2.24. The van der Waals surface area contributed by atoms with Crippen molar-refractivity contribution in [1.82, 2.24) is 0 Å². The van der Waals surface area contributed by atoms with E-state index in [1.807, 2.05) is 18.2 Å². The highest BCUT2D eigenvalue weighted by atomic mass is 16.5. The van der Waals surface area contributed by atoms with Crippen LogP contribution < -0.4 is 16.8 Å². The van der Waals surface area contributed by atoms with Gasteiger partial charge in [-0.2, -0.15) is 0 Å². The Morgan fingerprint density at radius 3 is 2.95 bits per heavy atom. The summed E-state index contributed by atoms with van der Waals surface area (Å²) in [6.07, 6.45) is 1.20. The molecular weight excluding hydrogens is 246 g/mol. The van der Waals surface area contributed by atoms with Crippen LogP contribution in [-0.2, 0) is 20.7 Å². The maximum Gasteiger partial charge on any atom is 0.243 e. The van der Waals surface area contributed by atoms with Crippen molar-refractivity contribution in [2.45, 2.75) is 18.9 Å². The Kier molecular flexibility index (Phi) is 4.13. The van der Waals surface area contributed by atoms with Gasteiger partial charge in [-0.25, -0.2) is 0 Å². The van der Waals surface area contributed by atoms with Crippen molar-refractivity contribution in [3.8, 4) is 0 Å². The van der Waals surface area contributed by atoms with E-state index in [1.54, 1.807) is 0 Å². The quantitative estimate of drug-likeness (QED) is 0.698. The minimum absolute atomic E-state index is 0.0364. The monoisotopic (exact) mass is 263 g/mol. The summed E-state index contributed by atoms with van der Waals surface area (Å²) in [5, 5.41) is 2.81. The standard InChI is InChI=1S/C13H17N3O3/c14-10(6-19-7-12(15)17)8-1-3-11-9(5-8)2-4-13(18)16-11/h1,3,5,10H,2,4,6-7,14H2,(H2,15,17)(H,16,18). The van der Waals surface area contributed by atoms with Gasteiger partial charge >= 0.3 is 0 Å². The van der Waals surface area contributed by atoms with Crippen LogP contribution in [0.4, 0.5) is 5.69 Å². The molecule has 19 heavy (non-hydrogen) atoms. The first-order valence-corrected chi connectivity index (χ1v) is 6.10. The third kappa shape index (κ3) is 3.52. The molecule has 2 rings (SSSR count). The van der Waals surface area contributed by atoms with Crippen LogP contribution in [0.1, 0.15) is 23.6 Å². The average molecular weight is 263 g/mol. The van der Waals surface area contributed by atoms with Crippen LogP contribution in [0.5, 0.6) is 0 Å². The smallest absolute Gasteiger partial charge is 0.243 e. The molecule has 1 unspecified atom stereocenters. The first-order valence-electron chi connectivity index (χ1n) is 6.10. The van der Waals surface area contributed by atoms with E-state index in [0.29, 0.717) is 12.8 Å². The molecule has 0 spiro atoms. The topological polar surface area (TPSA) is 107 Å². The van der Waals surface area contributed by atoms with E-state index in [4.69, 9.17) is 16.2 Å². The van der Waals surface area contributed by atoms with Crippen molar-refractivity contribution in [2.75, 3.05) is 18.5 Å². The summed E-state index contributed by atoms with van der Waals surface area (Å²) in [6, 6.07) is 5.34. The third-order valence-corrected chi connectivity index (χ3v) is 2.99. The van der Waals surface area contributed by atoms with Crippen molar-refractivity contribution in [3.05, 3.63) is 29.3 Å². The number of carbonyl (C=O) groups is 2. The molecular formula is C13H17N3O3. The second-order valence-corrected chi connectivity index (χ2v) is 4.55. The van der Waals surface area contributed by atoms with Gasteiger partial charge in [0.05, 0.1) is 12.6 Å². The van der Waals surface area contributed by atoms with Crippen molar-refractivity contribution in [3.63, 3.8) is 0 Å². The molecule has 1 aromatic rings. The van der Waals surface area contributed by atoms with Gasteiger partial charge in [0.1, 0.15) is 6.61 Å². The van der Waals surface area contributed by atoms with Gasteiger partial charge in [0, 0.05) is 12.1 Å². The van der Waals surface area contributed by atoms with Gasteiger partial charge in [-0.1, -0.05) is 12.1 Å². The number of nitrogens with two attached hydrogens (primary N) is 2.